The van der Waals surface area contributed by atoms with Crippen LogP contribution in [-0.2, 0) is 21.1 Å². The van der Waals surface area contributed by atoms with Crippen LogP contribution >= 0.6 is 12.4 Å². The van der Waals surface area contributed by atoms with E-state index < -0.39 is 21.6 Å². The first-order chi connectivity index (χ1) is 14.3. The van der Waals surface area contributed by atoms with Crippen LogP contribution in [-0.4, -0.2) is 48.8 Å². The molecule has 2 N–H and O–H groups in total. The highest BCUT2D eigenvalue weighted by molar-refractivity contribution is 7.91. The van der Waals surface area contributed by atoms with Crippen molar-refractivity contribution in [2.24, 2.45) is 5.73 Å². The molecule has 1 heterocycles. The number of carbonyl (C=O) groups excluding carboxylic acids is 1. The second-order valence-corrected chi connectivity index (χ2v) is 8.73. The molecule has 2 aromatic carbocycles. The van der Waals surface area contributed by atoms with Crippen LogP contribution in [0.3, 0.4) is 0 Å². The number of benzene rings is 2. The maximum atomic E-state index is 14.0. The van der Waals surface area contributed by atoms with Crippen molar-refractivity contribution < 1.29 is 22.3 Å². The van der Waals surface area contributed by atoms with Gasteiger partial charge in [0.1, 0.15) is 11.3 Å². The lowest BCUT2D eigenvalue weighted by Gasteiger charge is -2.09. The number of hydrogen-bond acceptors (Lipinski definition) is 7. The van der Waals surface area contributed by atoms with E-state index in [0.29, 0.717) is 22.2 Å². The lowest BCUT2D eigenvalue weighted by molar-refractivity contribution is 0.0601. The Bertz CT molecular complexity index is 1240. The Kier molecular flexibility index (Phi) is 7.88. The Morgan fingerprint density at radius 2 is 2.03 bits per heavy atom. The monoisotopic (exact) mass is 468 g/mol. The third-order valence-electron chi connectivity index (χ3n) is 4.57. The molecule has 0 fully saturated rings. The summed E-state index contributed by atoms with van der Waals surface area (Å²) in [6, 6.07) is 9.40. The standard InChI is InChI=1S/C20H21FN4O4S.ClH/c1-3-30(27,28)16-6-4-5-13(9-16)17-10-14(20(26)29-2)11-18-19(17)23-24-25(18)12-15(21)7-8-22;/h4-7,9-11H,3,8,12,22H2,1-2H3;1H/b15-7-;. The highest BCUT2D eigenvalue weighted by Gasteiger charge is 2.19. The third-order valence-corrected chi connectivity index (χ3v) is 6.30. The number of allylic oxidation sites excluding steroid dienone is 1. The van der Waals surface area contributed by atoms with Crippen molar-refractivity contribution in [2.75, 3.05) is 19.4 Å². The number of nitrogens with two attached hydrogens (primary N) is 1. The average Bonchev–Trinajstić information content (AvgIpc) is 3.15. The normalized spacial score (nSPS) is 11.9. The number of methoxy groups -OCH3 is 1. The molecule has 0 saturated carbocycles. The van der Waals surface area contributed by atoms with Gasteiger partial charge in [0.15, 0.2) is 9.84 Å². The zero-order chi connectivity index (χ0) is 21.9. The molecule has 0 bridgehead atoms. The molecule has 0 aliphatic heterocycles. The minimum atomic E-state index is -3.43. The Morgan fingerprint density at radius 3 is 2.68 bits per heavy atom. The number of carbonyl (C=O) groups is 1. The number of fused-ring (bicyclic) bond motifs is 1. The van der Waals surface area contributed by atoms with Crippen LogP contribution < -0.4 is 5.73 Å². The highest BCUT2D eigenvalue weighted by atomic mass is 35.5. The van der Waals surface area contributed by atoms with Crippen molar-refractivity contribution in [1.29, 1.82) is 0 Å². The molecule has 3 rings (SSSR count). The maximum Gasteiger partial charge on any atom is 0.337 e. The maximum absolute atomic E-state index is 14.0. The fourth-order valence-corrected chi connectivity index (χ4v) is 3.93. The van der Waals surface area contributed by atoms with Gasteiger partial charge in [-0.2, -0.15) is 0 Å². The molecule has 166 valence electrons. The SMILES string of the molecule is CCS(=O)(=O)c1cccc(-c2cc(C(=O)OC)cc3c2nnn3C/C(F)=C/CN)c1.Cl. The van der Waals surface area contributed by atoms with Crippen molar-refractivity contribution in [1.82, 2.24) is 15.0 Å². The molecule has 0 aliphatic rings. The summed E-state index contributed by atoms with van der Waals surface area (Å²) < 4.78 is 44.7. The van der Waals surface area contributed by atoms with Crippen molar-refractivity contribution in [3.05, 3.63) is 53.9 Å². The van der Waals surface area contributed by atoms with Crippen LogP contribution in [0.5, 0.6) is 0 Å². The lowest BCUT2D eigenvalue weighted by Crippen LogP contribution is -2.06. The molecule has 0 saturated heterocycles. The van der Waals surface area contributed by atoms with Gasteiger partial charge in [0.2, 0.25) is 0 Å². The molecule has 8 nitrogen and oxygen atoms in total. The van der Waals surface area contributed by atoms with Gasteiger partial charge in [-0.3, -0.25) is 0 Å². The predicted molar refractivity (Wildman–Crippen MR) is 118 cm³/mol. The van der Waals surface area contributed by atoms with E-state index in [9.17, 15) is 17.6 Å². The summed E-state index contributed by atoms with van der Waals surface area (Å²) in [4.78, 5) is 12.4. The van der Waals surface area contributed by atoms with E-state index in [1.807, 2.05) is 0 Å². The van der Waals surface area contributed by atoms with Gasteiger partial charge in [-0.15, -0.1) is 17.5 Å². The van der Waals surface area contributed by atoms with Crippen molar-refractivity contribution in [2.45, 2.75) is 18.4 Å². The Morgan fingerprint density at radius 1 is 1.29 bits per heavy atom. The summed E-state index contributed by atoms with van der Waals surface area (Å²) in [5, 5.41) is 8.12. The fraction of sp³-hybridized carbons (Fsp3) is 0.250. The summed E-state index contributed by atoms with van der Waals surface area (Å²) in [6.45, 7) is 1.39. The molecule has 31 heavy (non-hydrogen) atoms. The molecule has 1 aromatic heterocycles. The van der Waals surface area contributed by atoms with E-state index in [0.717, 1.165) is 0 Å². The van der Waals surface area contributed by atoms with Crippen molar-refractivity contribution >= 4 is 39.2 Å². The average molecular weight is 469 g/mol. The van der Waals surface area contributed by atoms with E-state index in [-0.39, 0.29) is 41.7 Å². The summed E-state index contributed by atoms with van der Waals surface area (Å²) >= 11 is 0. The van der Waals surface area contributed by atoms with E-state index in [4.69, 9.17) is 10.5 Å². The molecule has 11 heteroatoms. The van der Waals surface area contributed by atoms with Gasteiger partial charge in [-0.05, 0) is 35.9 Å². The van der Waals surface area contributed by atoms with Gasteiger partial charge in [0.05, 0.1) is 35.4 Å². The minimum absolute atomic E-state index is 0. The first-order valence-corrected chi connectivity index (χ1v) is 10.8. The molecule has 0 radical (unpaired) electrons. The molecule has 0 aliphatic carbocycles. The largest absolute Gasteiger partial charge is 0.465 e. The number of hydrogen-bond donors (Lipinski definition) is 1. The Labute approximate surface area is 185 Å². The topological polar surface area (TPSA) is 117 Å². The Hall–Kier alpha value is -2.82. The molecular formula is C20H22ClFN4O4S. The van der Waals surface area contributed by atoms with Gasteiger partial charge in [0.25, 0.3) is 0 Å². The third kappa shape index (κ3) is 5.09. The van der Waals surface area contributed by atoms with E-state index in [1.54, 1.807) is 25.1 Å². The highest BCUT2D eigenvalue weighted by Crippen LogP contribution is 2.31. The molecular weight excluding hydrogens is 447 g/mol. The number of sulfone groups is 1. The number of rotatable bonds is 7. The second-order valence-electron chi connectivity index (χ2n) is 6.45. The minimum Gasteiger partial charge on any atom is -0.465 e. The number of ether oxygens (including phenoxy) is 1. The zero-order valence-electron chi connectivity index (χ0n) is 16.9. The molecule has 0 unspecified atom stereocenters. The Balaban J connectivity index is 0.00000341. The summed E-state index contributed by atoms with van der Waals surface area (Å²) in [5.74, 6) is -1.14. The van der Waals surface area contributed by atoms with Crippen LogP contribution in [0.25, 0.3) is 22.2 Å². The van der Waals surface area contributed by atoms with Crippen molar-refractivity contribution in [3.8, 4) is 11.1 Å². The van der Waals surface area contributed by atoms with E-state index >= 15 is 0 Å². The predicted octanol–water partition coefficient (Wildman–Crippen LogP) is 2.91. The summed E-state index contributed by atoms with van der Waals surface area (Å²) in [5.41, 5.74) is 7.36. The number of aromatic nitrogens is 3. The quantitative estimate of drug-likeness (QED) is 0.529. The van der Waals surface area contributed by atoms with Gasteiger partial charge in [0, 0.05) is 12.1 Å². The lowest BCUT2D eigenvalue weighted by atomic mass is 10.0. The molecule has 0 amide bonds. The first kappa shape index (κ1) is 24.4. The van der Waals surface area contributed by atoms with Gasteiger partial charge < -0.3 is 10.5 Å². The first-order valence-electron chi connectivity index (χ1n) is 9.14. The summed E-state index contributed by atoms with van der Waals surface area (Å²) in [6.07, 6.45) is 1.22. The summed E-state index contributed by atoms with van der Waals surface area (Å²) in [7, 11) is -2.18. The van der Waals surface area contributed by atoms with Crippen LogP contribution in [0.4, 0.5) is 4.39 Å². The van der Waals surface area contributed by atoms with Crippen LogP contribution in [0.15, 0.2) is 53.2 Å². The van der Waals surface area contributed by atoms with Crippen LogP contribution in [0.1, 0.15) is 17.3 Å². The second kappa shape index (κ2) is 9.99. The van der Waals surface area contributed by atoms with Crippen LogP contribution in [0, 0.1) is 0 Å². The molecule has 0 atom stereocenters. The molecule has 3 aromatic rings. The van der Waals surface area contributed by atoms with Gasteiger partial charge >= 0.3 is 5.97 Å². The number of halogens is 2. The van der Waals surface area contributed by atoms with E-state index in [2.05, 4.69) is 10.3 Å². The number of nitrogens with zero attached hydrogens (tertiary/aromatic N) is 3. The molecule has 0 spiro atoms. The van der Waals surface area contributed by atoms with Crippen molar-refractivity contribution in [3.63, 3.8) is 0 Å². The van der Waals surface area contributed by atoms with E-state index in [1.165, 1.54) is 36.1 Å². The zero-order valence-corrected chi connectivity index (χ0v) is 18.5. The fourth-order valence-electron chi connectivity index (χ4n) is 3.00. The smallest absolute Gasteiger partial charge is 0.337 e. The number of esters is 1. The van der Waals surface area contributed by atoms with Crippen LogP contribution in [0.2, 0.25) is 0 Å². The van der Waals surface area contributed by atoms with Gasteiger partial charge in [-0.25, -0.2) is 22.3 Å². The van der Waals surface area contributed by atoms with Gasteiger partial charge in [-0.1, -0.05) is 24.3 Å².